The van der Waals surface area contributed by atoms with Crippen LogP contribution in [0.3, 0.4) is 0 Å². The molecular formula is C17H31N5O6S. The molecule has 0 bridgehead atoms. The molecule has 0 radical (unpaired) electrons. The summed E-state index contributed by atoms with van der Waals surface area (Å²) in [6.07, 6.45) is -0.591. The summed E-state index contributed by atoms with van der Waals surface area (Å²) < 4.78 is 0. The van der Waals surface area contributed by atoms with E-state index >= 15 is 0 Å². The number of carboxylic acids is 1. The Morgan fingerprint density at radius 2 is 1.28 bits per heavy atom. The Morgan fingerprint density at radius 1 is 0.862 bits per heavy atom. The Balaban J connectivity index is 5.34. The number of nitrogens with two attached hydrogens (primary N) is 2. The highest BCUT2D eigenvalue weighted by atomic mass is 32.1. The molecule has 0 rings (SSSR count). The molecule has 11 nitrogen and oxygen atoms in total. The van der Waals surface area contributed by atoms with Gasteiger partial charge in [0.1, 0.15) is 18.1 Å². The molecule has 0 aromatic rings. The molecular weight excluding hydrogens is 402 g/mol. The second-order valence-corrected chi connectivity index (χ2v) is 7.68. The van der Waals surface area contributed by atoms with Crippen LogP contribution in [0.1, 0.15) is 34.1 Å². The molecule has 0 spiro atoms. The topological polar surface area (TPSA) is 194 Å². The SMILES string of the molecule is CC(C)C(NC(=O)C(N)CS)C(=O)NC(C(=O)NC(CC(N)=O)C(=O)O)C(C)C. The van der Waals surface area contributed by atoms with Crippen LogP contribution in [0.5, 0.6) is 0 Å². The maximum absolute atomic E-state index is 12.7. The van der Waals surface area contributed by atoms with Gasteiger partial charge < -0.3 is 32.5 Å². The van der Waals surface area contributed by atoms with E-state index in [2.05, 4.69) is 28.6 Å². The Hall–Kier alpha value is -2.34. The van der Waals surface area contributed by atoms with Gasteiger partial charge in [0.15, 0.2) is 0 Å². The Morgan fingerprint density at radius 3 is 1.62 bits per heavy atom. The molecule has 4 unspecified atom stereocenters. The van der Waals surface area contributed by atoms with Crippen molar-refractivity contribution in [3.63, 3.8) is 0 Å². The average molecular weight is 434 g/mol. The van der Waals surface area contributed by atoms with Gasteiger partial charge in [0.2, 0.25) is 23.6 Å². The van der Waals surface area contributed by atoms with Crippen molar-refractivity contribution in [1.29, 1.82) is 0 Å². The Kier molecular flexibility index (Phi) is 11.3. The van der Waals surface area contributed by atoms with E-state index in [9.17, 15) is 24.0 Å². The van der Waals surface area contributed by atoms with Crippen LogP contribution in [0.4, 0.5) is 0 Å². The molecule has 0 heterocycles. The maximum Gasteiger partial charge on any atom is 0.326 e. The number of primary amides is 1. The van der Waals surface area contributed by atoms with Gasteiger partial charge in [0.25, 0.3) is 0 Å². The van der Waals surface area contributed by atoms with Gasteiger partial charge in [-0.2, -0.15) is 12.6 Å². The second kappa shape index (κ2) is 12.3. The van der Waals surface area contributed by atoms with E-state index in [1.165, 1.54) is 0 Å². The molecule has 8 N–H and O–H groups in total. The number of carbonyl (C=O) groups is 5. The standard InChI is InChI=1S/C17H31N5O6S/c1-7(2)12(15(25)20-10(17(27)28)5-11(19)23)22-16(26)13(8(3)4)21-14(24)9(18)6-29/h7-10,12-13,29H,5-6,18H2,1-4H3,(H2,19,23)(H,20,25)(H,21,24)(H,22,26)(H,27,28). The number of hydrogen-bond acceptors (Lipinski definition) is 7. The van der Waals surface area contributed by atoms with Gasteiger partial charge in [-0.05, 0) is 11.8 Å². The molecule has 0 aromatic heterocycles. The van der Waals surface area contributed by atoms with Crippen LogP contribution < -0.4 is 27.4 Å². The minimum Gasteiger partial charge on any atom is -0.480 e. The lowest BCUT2D eigenvalue weighted by molar-refractivity contribution is -0.144. The summed E-state index contributed by atoms with van der Waals surface area (Å²) in [5.74, 6) is -4.95. The fourth-order valence-corrected chi connectivity index (χ4v) is 2.48. The summed E-state index contributed by atoms with van der Waals surface area (Å²) in [5, 5.41) is 16.4. The highest BCUT2D eigenvalue weighted by molar-refractivity contribution is 7.80. The quantitative estimate of drug-likeness (QED) is 0.172. The number of hydrogen-bond donors (Lipinski definition) is 7. The van der Waals surface area contributed by atoms with Crippen molar-refractivity contribution < 1.29 is 29.1 Å². The lowest BCUT2D eigenvalue weighted by Gasteiger charge is -2.28. The first-order valence-corrected chi connectivity index (χ1v) is 9.73. The zero-order chi connectivity index (χ0) is 22.9. The van der Waals surface area contributed by atoms with E-state index in [1.807, 2.05) is 0 Å². The predicted octanol–water partition coefficient (Wildman–Crippen LogP) is -2.03. The van der Waals surface area contributed by atoms with Gasteiger partial charge in [-0.3, -0.25) is 19.2 Å². The molecule has 29 heavy (non-hydrogen) atoms. The monoisotopic (exact) mass is 433 g/mol. The number of nitrogens with one attached hydrogen (secondary N) is 3. The van der Waals surface area contributed by atoms with E-state index in [1.54, 1.807) is 27.7 Å². The first-order chi connectivity index (χ1) is 13.3. The number of rotatable bonds is 12. The molecule has 0 saturated carbocycles. The van der Waals surface area contributed by atoms with Crippen molar-refractivity contribution in [3.05, 3.63) is 0 Å². The summed E-state index contributed by atoms with van der Waals surface area (Å²) in [6, 6.07) is -4.49. The van der Waals surface area contributed by atoms with E-state index in [4.69, 9.17) is 16.6 Å². The van der Waals surface area contributed by atoms with Gasteiger partial charge in [-0.25, -0.2) is 4.79 Å². The maximum atomic E-state index is 12.7. The average Bonchev–Trinajstić information content (AvgIpc) is 2.61. The third-order valence-corrected chi connectivity index (χ3v) is 4.44. The summed E-state index contributed by atoms with van der Waals surface area (Å²) >= 11 is 3.94. The number of carbonyl (C=O) groups excluding carboxylic acids is 4. The number of carboxylic acid groups (broad SMARTS) is 1. The van der Waals surface area contributed by atoms with Crippen LogP contribution in [0.2, 0.25) is 0 Å². The zero-order valence-electron chi connectivity index (χ0n) is 17.0. The van der Waals surface area contributed by atoms with Crippen molar-refractivity contribution in [1.82, 2.24) is 16.0 Å². The third kappa shape index (κ3) is 9.13. The Labute approximate surface area is 175 Å². The number of amides is 4. The van der Waals surface area contributed by atoms with Crippen LogP contribution in [0.15, 0.2) is 0 Å². The highest BCUT2D eigenvalue weighted by Gasteiger charge is 2.33. The van der Waals surface area contributed by atoms with Crippen molar-refractivity contribution in [2.45, 2.75) is 58.3 Å². The third-order valence-electron chi connectivity index (χ3n) is 4.05. The van der Waals surface area contributed by atoms with Gasteiger partial charge >= 0.3 is 5.97 Å². The van der Waals surface area contributed by atoms with E-state index in [0.717, 1.165) is 0 Å². The summed E-state index contributed by atoms with van der Waals surface area (Å²) in [5.41, 5.74) is 10.6. The Bertz CT molecular complexity index is 627. The molecule has 0 aliphatic rings. The normalized spacial score (nSPS) is 15.2. The zero-order valence-corrected chi connectivity index (χ0v) is 17.9. The van der Waals surface area contributed by atoms with Gasteiger partial charge in [0, 0.05) is 5.75 Å². The molecule has 4 atom stereocenters. The highest BCUT2D eigenvalue weighted by Crippen LogP contribution is 2.08. The van der Waals surface area contributed by atoms with Gasteiger partial charge in [0.05, 0.1) is 12.5 Å². The van der Waals surface area contributed by atoms with E-state index < -0.39 is 66.1 Å². The second-order valence-electron chi connectivity index (χ2n) is 7.32. The van der Waals surface area contributed by atoms with Crippen LogP contribution in [0.25, 0.3) is 0 Å². The number of aliphatic carboxylic acids is 1. The smallest absolute Gasteiger partial charge is 0.326 e. The number of thiol groups is 1. The summed E-state index contributed by atoms with van der Waals surface area (Å²) in [6.45, 7) is 6.70. The largest absolute Gasteiger partial charge is 0.480 e. The molecule has 0 aromatic carbocycles. The van der Waals surface area contributed by atoms with Crippen molar-refractivity contribution in [2.75, 3.05) is 5.75 Å². The van der Waals surface area contributed by atoms with Crippen molar-refractivity contribution >= 4 is 42.2 Å². The molecule has 0 fully saturated rings. The first kappa shape index (κ1) is 26.7. The van der Waals surface area contributed by atoms with Crippen LogP contribution >= 0.6 is 12.6 Å². The van der Waals surface area contributed by atoms with Gasteiger partial charge in [-0.15, -0.1) is 0 Å². The predicted molar refractivity (Wildman–Crippen MR) is 109 cm³/mol. The van der Waals surface area contributed by atoms with Crippen molar-refractivity contribution in [2.24, 2.45) is 23.3 Å². The summed E-state index contributed by atoms with van der Waals surface area (Å²) in [7, 11) is 0. The van der Waals surface area contributed by atoms with Crippen molar-refractivity contribution in [3.8, 4) is 0 Å². The lowest BCUT2D eigenvalue weighted by atomic mass is 9.99. The van der Waals surface area contributed by atoms with E-state index in [-0.39, 0.29) is 11.7 Å². The van der Waals surface area contributed by atoms with E-state index in [0.29, 0.717) is 0 Å². The van der Waals surface area contributed by atoms with Crippen LogP contribution in [-0.2, 0) is 24.0 Å². The van der Waals surface area contributed by atoms with Gasteiger partial charge in [-0.1, -0.05) is 27.7 Å². The molecule has 166 valence electrons. The molecule has 0 aliphatic heterocycles. The van der Waals surface area contributed by atoms with Crippen LogP contribution in [-0.4, -0.2) is 64.6 Å². The fraction of sp³-hybridized carbons (Fsp3) is 0.706. The lowest BCUT2D eigenvalue weighted by Crippen LogP contribution is -2.59. The minimum absolute atomic E-state index is 0.0890. The molecule has 4 amide bonds. The first-order valence-electron chi connectivity index (χ1n) is 9.10. The molecule has 0 aliphatic carbocycles. The molecule has 12 heteroatoms. The fourth-order valence-electron chi connectivity index (χ4n) is 2.32. The van der Waals surface area contributed by atoms with Crippen LogP contribution in [0, 0.1) is 11.8 Å². The molecule has 0 saturated heterocycles. The minimum atomic E-state index is -1.52. The summed E-state index contributed by atoms with van der Waals surface area (Å²) in [4.78, 5) is 59.5.